The van der Waals surface area contributed by atoms with Crippen molar-refractivity contribution in [2.45, 2.75) is 39.7 Å². The fraction of sp³-hybridized carbons (Fsp3) is 0.556. The molecule has 1 aliphatic rings. The van der Waals surface area contributed by atoms with Gasteiger partial charge in [-0.3, -0.25) is 0 Å². The average molecular weight is 286 g/mol. The van der Waals surface area contributed by atoms with Crippen LogP contribution < -0.4 is 0 Å². The first-order valence-corrected chi connectivity index (χ1v) is 8.12. The molecule has 1 fully saturated rings. The zero-order chi connectivity index (χ0) is 14.8. The zero-order valence-electron chi connectivity index (χ0n) is 13.2. The Hall–Kier alpha value is -1.32. The molecule has 3 nitrogen and oxygen atoms in total. The Labute approximate surface area is 127 Å². The third kappa shape index (κ3) is 2.85. The highest BCUT2D eigenvalue weighted by Gasteiger charge is 2.16. The van der Waals surface area contributed by atoms with E-state index in [4.69, 9.17) is 0 Å². The van der Waals surface area contributed by atoms with E-state index < -0.39 is 0 Å². The number of nitrogens with zero attached hydrogens (tertiary/aromatic N) is 2. The number of benzene rings is 1. The minimum Gasteiger partial charge on any atom is -0.395 e. The zero-order valence-corrected chi connectivity index (χ0v) is 13.2. The lowest BCUT2D eigenvalue weighted by Gasteiger charge is -2.14. The van der Waals surface area contributed by atoms with E-state index in [2.05, 4.69) is 41.5 Å². The average Bonchev–Trinajstić information content (AvgIpc) is 3.06. The maximum Gasteiger partial charge on any atom is 0.0610 e. The summed E-state index contributed by atoms with van der Waals surface area (Å²) in [4.78, 5) is 2.57. The van der Waals surface area contributed by atoms with Crippen molar-refractivity contribution in [3.63, 3.8) is 0 Å². The summed E-state index contributed by atoms with van der Waals surface area (Å²) in [7, 11) is 0. The number of aliphatic hydroxyl groups is 1. The van der Waals surface area contributed by atoms with Crippen LogP contribution in [-0.2, 0) is 13.0 Å². The van der Waals surface area contributed by atoms with Gasteiger partial charge < -0.3 is 14.6 Å². The number of fused-ring (bicyclic) bond motifs is 1. The molecule has 1 aromatic heterocycles. The Balaban J connectivity index is 1.94. The van der Waals surface area contributed by atoms with Gasteiger partial charge in [0.05, 0.1) is 6.61 Å². The molecule has 2 aromatic rings. The Morgan fingerprint density at radius 2 is 1.86 bits per heavy atom. The van der Waals surface area contributed by atoms with Crippen LogP contribution in [0.1, 0.15) is 29.7 Å². The van der Waals surface area contributed by atoms with E-state index in [1.54, 1.807) is 0 Å². The first kappa shape index (κ1) is 14.6. The second-order valence-corrected chi connectivity index (χ2v) is 6.26. The molecule has 114 valence electrons. The van der Waals surface area contributed by atoms with Crippen LogP contribution in [0.4, 0.5) is 0 Å². The van der Waals surface area contributed by atoms with E-state index in [1.165, 1.54) is 53.7 Å². The molecule has 21 heavy (non-hydrogen) atoms. The number of likely N-dealkylation sites (tertiary alicyclic amines) is 1. The summed E-state index contributed by atoms with van der Waals surface area (Å²) in [6.45, 7) is 8.92. The summed E-state index contributed by atoms with van der Waals surface area (Å²) in [5.41, 5.74) is 5.37. The first-order chi connectivity index (χ1) is 10.2. The molecule has 0 atom stereocenters. The number of hydrogen-bond acceptors (Lipinski definition) is 2. The predicted molar refractivity (Wildman–Crippen MR) is 87.9 cm³/mol. The van der Waals surface area contributed by atoms with Crippen molar-refractivity contribution in [2.24, 2.45) is 0 Å². The Morgan fingerprint density at radius 3 is 2.57 bits per heavy atom. The van der Waals surface area contributed by atoms with E-state index in [1.807, 2.05) is 0 Å². The summed E-state index contributed by atoms with van der Waals surface area (Å²) in [6, 6.07) is 6.67. The summed E-state index contributed by atoms with van der Waals surface area (Å²) in [5, 5.41) is 10.7. The molecule has 0 spiro atoms. The van der Waals surface area contributed by atoms with Gasteiger partial charge in [-0.1, -0.05) is 11.6 Å². The van der Waals surface area contributed by atoms with Gasteiger partial charge in [-0.2, -0.15) is 0 Å². The lowest BCUT2D eigenvalue weighted by atomic mass is 10.1. The molecule has 1 aliphatic heterocycles. The molecule has 3 heteroatoms. The third-order valence-corrected chi connectivity index (χ3v) is 4.81. The van der Waals surface area contributed by atoms with Crippen molar-refractivity contribution >= 4 is 10.9 Å². The van der Waals surface area contributed by atoms with Crippen LogP contribution in [0, 0.1) is 13.8 Å². The van der Waals surface area contributed by atoms with Crippen molar-refractivity contribution in [2.75, 3.05) is 26.2 Å². The molecule has 1 aromatic carbocycles. The van der Waals surface area contributed by atoms with Crippen molar-refractivity contribution in [1.29, 1.82) is 0 Å². The Morgan fingerprint density at radius 1 is 1.10 bits per heavy atom. The van der Waals surface area contributed by atoms with E-state index in [9.17, 15) is 5.11 Å². The van der Waals surface area contributed by atoms with Crippen LogP contribution in [0.25, 0.3) is 10.9 Å². The quantitative estimate of drug-likeness (QED) is 0.915. The summed E-state index contributed by atoms with van der Waals surface area (Å²) < 4.78 is 2.27. The first-order valence-electron chi connectivity index (χ1n) is 8.12. The van der Waals surface area contributed by atoms with E-state index in [-0.39, 0.29) is 6.61 Å². The van der Waals surface area contributed by atoms with Crippen LogP contribution in [0.15, 0.2) is 18.2 Å². The molecule has 0 radical (unpaired) electrons. The fourth-order valence-corrected chi connectivity index (χ4v) is 3.65. The van der Waals surface area contributed by atoms with Gasteiger partial charge in [-0.25, -0.2) is 0 Å². The Bertz CT molecular complexity index is 624. The number of aromatic nitrogens is 1. The van der Waals surface area contributed by atoms with Crippen molar-refractivity contribution < 1.29 is 5.11 Å². The lowest BCUT2D eigenvalue weighted by molar-refractivity contribution is 0.277. The van der Waals surface area contributed by atoms with Gasteiger partial charge in [-0.15, -0.1) is 0 Å². The van der Waals surface area contributed by atoms with Gasteiger partial charge in [0, 0.05) is 29.7 Å². The smallest absolute Gasteiger partial charge is 0.0610 e. The highest BCUT2D eigenvalue weighted by atomic mass is 16.3. The van der Waals surface area contributed by atoms with E-state index in [0.29, 0.717) is 6.54 Å². The molecule has 0 aliphatic carbocycles. The molecule has 0 bridgehead atoms. The largest absolute Gasteiger partial charge is 0.395 e. The van der Waals surface area contributed by atoms with Crippen molar-refractivity contribution in [3.05, 3.63) is 35.0 Å². The normalized spacial score (nSPS) is 16.1. The molecule has 0 unspecified atom stereocenters. The van der Waals surface area contributed by atoms with Crippen LogP contribution >= 0.6 is 0 Å². The Kier molecular flexibility index (Phi) is 4.32. The highest BCUT2D eigenvalue weighted by Crippen LogP contribution is 2.28. The third-order valence-electron chi connectivity index (χ3n) is 4.81. The summed E-state index contributed by atoms with van der Waals surface area (Å²) >= 11 is 0. The lowest BCUT2D eigenvalue weighted by Crippen LogP contribution is -2.22. The van der Waals surface area contributed by atoms with E-state index in [0.717, 1.165) is 13.0 Å². The minimum atomic E-state index is 0.198. The van der Waals surface area contributed by atoms with Gasteiger partial charge in [-0.05, 0) is 63.9 Å². The molecule has 1 N–H and O–H groups in total. The van der Waals surface area contributed by atoms with Gasteiger partial charge in [0.1, 0.15) is 0 Å². The van der Waals surface area contributed by atoms with Crippen LogP contribution in [0.3, 0.4) is 0 Å². The SMILES string of the molecule is Cc1ccc2c(c1)c(CCN1CCCC1)c(C)n2CCO. The number of rotatable bonds is 5. The van der Waals surface area contributed by atoms with Crippen molar-refractivity contribution in [3.8, 4) is 0 Å². The molecular formula is C18H26N2O. The van der Waals surface area contributed by atoms with Gasteiger partial charge in [0.15, 0.2) is 0 Å². The van der Waals surface area contributed by atoms with Gasteiger partial charge in [0.25, 0.3) is 0 Å². The van der Waals surface area contributed by atoms with Crippen LogP contribution in [-0.4, -0.2) is 40.8 Å². The van der Waals surface area contributed by atoms with Gasteiger partial charge >= 0.3 is 0 Å². The standard InChI is InChI=1S/C18H26N2O/c1-14-5-6-18-17(13-14)16(15(2)20(18)11-12-21)7-10-19-8-3-4-9-19/h5-6,13,21H,3-4,7-12H2,1-2H3. The molecule has 1 saturated heterocycles. The van der Waals surface area contributed by atoms with Crippen LogP contribution in [0.5, 0.6) is 0 Å². The summed E-state index contributed by atoms with van der Waals surface area (Å²) in [6.07, 6.45) is 3.82. The van der Waals surface area contributed by atoms with Gasteiger partial charge in [0.2, 0.25) is 0 Å². The predicted octanol–water partition coefficient (Wildman–Crippen LogP) is 2.89. The van der Waals surface area contributed by atoms with Crippen LogP contribution in [0.2, 0.25) is 0 Å². The molecule has 0 saturated carbocycles. The second-order valence-electron chi connectivity index (χ2n) is 6.26. The molecule has 2 heterocycles. The maximum atomic E-state index is 9.34. The highest BCUT2D eigenvalue weighted by molar-refractivity contribution is 5.86. The minimum absolute atomic E-state index is 0.198. The molecule has 0 amide bonds. The monoisotopic (exact) mass is 286 g/mol. The second kappa shape index (κ2) is 6.20. The fourth-order valence-electron chi connectivity index (χ4n) is 3.65. The topological polar surface area (TPSA) is 28.4 Å². The molecular weight excluding hydrogens is 260 g/mol. The number of hydrogen-bond donors (Lipinski definition) is 1. The summed E-state index contributed by atoms with van der Waals surface area (Å²) in [5.74, 6) is 0. The number of aliphatic hydroxyl groups excluding tert-OH is 1. The number of aryl methyl sites for hydroxylation is 1. The van der Waals surface area contributed by atoms with E-state index >= 15 is 0 Å². The van der Waals surface area contributed by atoms with Crippen molar-refractivity contribution in [1.82, 2.24) is 9.47 Å². The molecule has 3 rings (SSSR count). The maximum absolute atomic E-state index is 9.34.